The molecule has 0 fully saturated rings. The molecule has 0 aliphatic heterocycles. The number of likely N-dealkylation sites (N-methyl/N-ethyl adjacent to an activating group) is 1. The Balaban J connectivity index is 4.20. The number of carboxylic acid groups (broad SMARTS) is 1. The lowest BCUT2D eigenvalue weighted by Gasteiger charge is -2.25. The lowest BCUT2D eigenvalue weighted by atomic mass is 10.0. The molecular formula is C56H108NO8+. The van der Waals surface area contributed by atoms with Gasteiger partial charge in [0, 0.05) is 12.8 Å². The van der Waals surface area contributed by atoms with Gasteiger partial charge in [-0.25, -0.2) is 4.79 Å². The van der Waals surface area contributed by atoms with E-state index in [0.29, 0.717) is 23.9 Å². The summed E-state index contributed by atoms with van der Waals surface area (Å²) in [5, 5.41) is 9.68. The molecule has 0 saturated carbocycles. The van der Waals surface area contributed by atoms with Crippen molar-refractivity contribution >= 4 is 17.9 Å². The Morgan fingerprint density at radius 2 is 0.785 bits per heavy atom. The van der Waals surface area contributed by atoms with Gasteiger partial charge in [-0.1, -0.05) is 231 Å². The molecule has 0 radical (unpaired) electrons. The SMILES string of the molecule is CCCCCCCCC/C=C\CCCCCCCC(=O)OC(COC(=O)CCCCCCCCCCCCCCCCCCCCCCCCCC)COC(OCC[N+](C)(C)C)C(=O)O. The molecule has 0 aliphatic rings. The number of carbonyl (C=O) groups excluding carboxylic acids is 2. The highest BCUT2D eigenvalue weighted by molar-refractivity contribution is 5.71. The summed E-state index contributed by atoms with van der Waals surface area (Å²) in [5.74, 6) is -2.00. The third kappa shape index (κ3) is 49.8. The molecule has 65 heavy (non-hydrogen) atoms. The van der Waals surface area contributed by atoms with Gasteiger partial charge in [0.15, 0.2) is 6.10 Å². The van der Waals surface area contributed by atoms with Crippen molar-refractivity contribution in [1.29, 1.82) is 0 Å². The van der Waals surface area contributed by atoms with Crippen LogP contribution in [0.5, 0.6) is 0 Å². The van der Waals surface area contributed by atoms with Crippen LogP contribution in [0, 0.1) is 0 Å². The third-order valence-electron chi connectivity index (χ3n) is 12.5. The van der Waals surface area contributed by atoms with Gasteiger partial charge in [0.05, 0.1) is 34.4 Å². The zero-order chi connectivity index (χ0) is 47.7. The Bertz CT molecular complexity index is 1070. The maximum absolute atomic E-state index is 12.8. The average Bonchev–Trinajstić information content (AvgIpc) is 3.27. The number of esters is 2. The third-order valence-corrected chi connectivity index (χ3v) is 12.5. The molecule has 0 aliphatic carbocycles. The first kappa shape index (κ1) is 63.0. The highest BCUT2D eigenvalue weighted by atomic mass is 16.7. The quantitative estimate of drug-likeness (QED) is 0.0211. The summed E-state index contributed by atoms with van der Waals surface area (Å²) < 4.78 is 22.9. The second kappa shape index (κ2) is 48.5. The standard InChI is InChI=1S/C56H107NO8/c1-6-8-10-12-14-16-18-20-22-24-25-26-27-28-29-30-31-33-34-36-38-40-42-44-46-53(58)63-50-52(51-64-56(55(60)61)62-49-48-57(3,4)5)65-54(59)47-45-43-41-39-37-35-32-23-21-19-17-15-13-11-9-7-2/h23,32,52,56H,6-22,24-31,33-51H2,1-5H3/p+1/b32-23-. The van der Waals surface area contributed by atoms with Crippen molar-refractivity contribution in [2.45, 2.75) is 283 Å². The van der Waals surface area contributed by atoms with Gasteiger partial charge >= 0.3 is 17.9 Å². The second-order valence-electron chi connectivity index (χ2n) is 20.3. The first-order valence-electron chi connectivity index (χ1n) is 27.9. The number of carbonyl (C=O) groups is 3. The Kier molecular flexibility index (Phi) is 47.0. The maximum Gasteiger partial charge on any atom is 0.361 e. The van der Waals surface area contributed by atoms with Crippen LogP contribution in [0.1, 0.15) is 271 Å². The smallest absolute Gasteiger partial charge is 0.361 e. The minimum Gasteiger partial charge on any atom is -0.477 e. The highest BCUT2D eigenvalue weighted by Crippen LogP contribution is 2.17. The van der Waals surface area contributed by atoms with Crippen molar-refractivity contribution in [2.24, 2.45) is 0 Å². The van der Waals surface area contributed by atoms with Gasteiger partial charge in [-0.15, -0.1) is 0 Å². The Morgan fingerprint density at radius 3 is 1.14 bits per heavy atom. The maximum atomic E-state index is 12.8. The minimum absolute atomic E-state index is 0.179. The molecule has 0 aromatic rings. The number of hydrogen-bond donors (Lipinski definition) is 1. The molecule has 9 heteroatoms. The zero-order valence-electron chi connectivity index (χ0n) is 43.7. The lowest BCUT2D eigenvalue weighted by molar-refractivity contribution is -0.870. The normalized spacial score (nSPS) is 12.8. The molecule has 384 valence electrons. The van der Waals surface area contributed by atoms with Gasteiger partial charge in [-0.2, -0.15) is 0 Å². The molecule has 9 nitrogen and oxygen atoms in total. The molecule has 0 heterocycles. The predicted octanol–water partition coefficient (Wildman–Crippen LogP) is 15.8. The number of rotatable bonds is 52. The van der Waals surface area contributed by atoms with E-state index in [2.05, 4.69) is 26.0 Å². The summed E-state index contributed by atoms with van der Waals surface area (Å²) in [6.07, 6.45) is 51.4. The highest BCUT2D eigenvalue weighted by Gasteiger charge is 2.25. The van der Waals surface area contributed by atoms with E-state index in [-0.39, 0.29) is 32.2 Å². The Labute approximate surface area is 402 Å². The first-order chi connectivity index (χ1) is 31.6. The van der Waals surface area contributed by atoms with Crippen molar-refractivity contribution < 1.29 is 42.9 Å². The molecule has 0 saturated heterocycles. The van der Waals surface area contributed by atoms with Crippen LogP contribution < -0.4 is 0 Å². The van der Waals surface area contributed by atoms with Crippen LogP contribution in [0.2, 0.25) is 0 Å². The van der Waals surface area contributed by atoms with E-state index in [0.717, 1.165) is 51.4 Å². The molecular weight excluding hydrogens is 815 g/mol. The Hall–Kier alpha value is -1.97. The van der Waals surface area contributed by atoms with Gasteiger partial charge in [0.25, 0.3) is 6.29 Å². The van der Waals surface area contributed by atoms with Crippen molar-refractivity contribution in [2.75, 3.05) is 47.5 Å². The van der Waals surface area contributed by atoms with Crippen molar-refractivity contribution in [3.8, 4) is 0 Å². The lowest BCUT2D eigenvalue weighted by Crippen LogP contribution is -2.40. The Morgan fingerprint density at radius 1 is 0.446 bits per heavy atom. The fourth-order valence-corrected chi connectivity index (χ4v) is 8.19. The van der Waals surface area contributed by atoms with Gasteiger partial charge in [0.1, 0.15) is 13.2 Å². The molecule has 2 atom stereocenters. The molecule has 0 aromatic heterocycles. The largest absolute Gasteiger partial charge is 0.477 e. The van der Waals surface area contributed by atoms with E-state index < -0.39 is 24.3 Å². The molecule has 0 aromatic carbocycles. The summed E-state index contributed by atoms with van der Waals surface area (Å²) in [4.78, 5) is 37.3. The van der Waals surface area contributed by atoms with Crippen molar-refractivity contribution in [1.82, 2.24) is 0 Å². The number of unbranched alkanes of at least 4 members (excludes halogenated alkanes) is 35. The van der Waals surface area contributed by atoms with Crippen LogP contribution in [0.25, 0.3) is 0 Å². The number of nitrogens with zero attached hydrogens (tertiary/aromatic N) is 1. The number of quaternary nitrogens is 1. The fraction of sp³-hybridized carbons (Fsp3) is 0.911. The molecule has 0 amide bonds. The molecule has 0 bridgehead atoms. The number of aliphatic carboxylic acids is 1. The van der Waals surface area contributed by atoms with E-state index in [1.165, 1.54) is 186 Å². The summed E-state index contributed by atoms with van der Waals surface area (Å²) in [6.45, 7) is 4.91. The summed E-state index contributed by atoms with van der Waals surface area (Å²) in [6, 6.07) is 0. The average molecular weight is 923 g/mol. The predicted molar refractivity (Wildman–Crippen MR) is 272 cm³/mol. The molecule has 0 spiro atoms. The van der Waals surface area contributed by atoms with Gasteiger partial charge in [-0.3, -0.25) is 9.59 Å². The van der Waals surface area contributed by atoms with Crippen LogP contribution in [0.15, 0.2) is 12.2 Å². The van der Waals surface area contributed by atoms with Crippen LogP contribution >= 0.6 is 0 Å². The van der Waals surface area contributed by atoms with E-state index in [1.54, 1.807) is 0 Å². The topological polar surface area (TPSA) is 108 Å². The molecule has 1 N–H and O–H groups in total. The monoisotopic (exact) mass is 923 g/mol. The number of carboxylic acids is 1. The van der Waals surface area contributed by atoms with Crippen LogP contribution in [0.4, 0.5) is 0 Å². The van der Waals surface area contributed by atoms with E-state index in [9.17, 15) is 19.5 Å². The number of ether oxygens (including phenoxy) is 4. The summed E-state index contributed by atoms with van der Waals surface area (Å²) in [5.41, 5.74) is 0. The summed E-state index contributed by atoms with van der Waals surface area (Å²) in [7, 11) is 5.97. The van der Waals surface area contributed by atoms with Gasteiger partial charge in [-0.05, 0) is 38.5 Å². The second-order valence-corrected chi connectivity index (χ2v) is 20.3. The van der Waals surface area contributed by atoms with Crippen LogP contribution in [-0.2, 0) is 33.3 Å². The van der Waals surface area contributed by atoms with Crippen LogP contribution in [0.3, 0.4) is 0 Å². The molecule has 2 unspecified atom stereocenters. The van der Waals surface area contributed by atoms with Gasteiger partial charge < -0.3 is 28.5 Å². The first-order valence-corrected chi connectivity index (χ1v) is 27.9. The van der Waals surface area contributed by atoms with Crippen LogP contribution in [-0.4, -0.2) is 87.4 Å². The molecule has 0 rings (SSSR count). The van der Waals surface area contributed by atoms with E-state index in [4.69, 9.17) is 18.9 Å². The van der Waals surface area contributed by atoms with Crippen molar-refractivity contribution in [3.63, 3.8) is 0 Å². The van der Waals surface area contributed by atoms with E-state index >= 15 is 0 Å². The van der Waals surface area contributed by atoms with E-state index in [1.807, 2.05) is 21.1 Å². The number of hydrogen-bond acceptors (Lipinski definition) is 7. The summed E-state index contributed by atoms with van der Waals surface area (Å²) >= 11 is 0. The zero-order valence-corrected chi connectivity index (χ0v) is 43.7. The van der Waals surface area contributed by atoms with Gasteiger partial charge in [0.2, 0.25) is 0 Å². The minimum atomic E-state index is -1.51. The number of allylic oxidation sites excluding steroid dienone is 2. The van der Waals surface area contributed by atoms with Crippen molar-refractivity contribution in [3.05, 3.63) is 12.2 Å². The fourth-order valence-electron chi connectivity index (χ4n) is 8.19.